The molecule has 1 aliphatic rings. The fourth-order valence-electron chi connectivity index (χ4n) is 3.80. The number of carbonyl (C=O) groups is 2. The quantitative estimate of drug-likeness (QED) is 0.500. The Morgan fingerprint density at radius 1 is 1.06 bits per heavy atom. The van der Waals surface area contributed by atoms with Crippen LogP contribution in [0.2, 0.25) is 0 Å². The van der Waals surface area contributed by atoms with Crippen molar-refractivity contribution in [3.63, 3.8) is 0 Å². The van der Waals surface area contributed by atoms with E-state index < -0.39 is 0 Å². The van der Waals surface area contributed by atoms with E-state index in [1.165, 1.54) is 0 Å². The number of methoxy groups -OCH3 is 1. The van der Waals surface area contributed by atoms with Crippen LogP contribution < -0.4 is 20.1 Å². The molecule has 7 nitrogen and oxygen atoms in total. The molecule has 2 amide bonds. The highest BCUT2D eigenvalue weighted by Gasteiger charge is 2.17. The number of rotatable bonds is 5. The summed E-state index contributed by atoms with van der Waals surface area (Å²) in [5.74, 6) is 0.803. The van der Waals surface area contributed by atoms with Crippen molar-refractivity contribution >= 4 is 45.1 Å². The number of fused-ring (bicyclic) bond motifs is 4. The highest BCUT2D eigenvalue weighted by Crippen LogP contribution is 2.36. The number of para-hydroxylation sites is 1. The molecule has 0 unspecified atom stereocenters. The summed E-state index contributed by atoms with van der Waals surface area (Å²) >= 11 is 0. The Morgan fingerprint density at radius 3 is 2.81 bits per heavy atom. The van der Waals surface area contributed by atoms with E-state index in [9.17, 15) is 9.59 Å². The van der Waals surface area contributed by atoms with Gasteiger partial charge in [-0.15, -0.1) is 0 Å². The molecule has 31 heavy (non-hydrogen) atoms. The summed E-state index contributed by atoms with van der Waals surface area (Å²) in [6, 6.07) is 16.7. The zero-order chi connectivity index (χ0) is 21.4. The first kappa shape index (κ1) is 19.0. The third-order valence-electron chi connectivity index (χ3n) is 5.32. The number of hydrogen-bond acceptors (Lipinski definition) is 5. The van der Waals surface area contributed by atoms with Crippen molar-refractivity contribution < 1.29 is 23.5 Å². The number of hydrogen-bond donors (Lipinski definition) is 2. The summed E-state index contributed by atoms with van der Waals surface area (Å²) < 4.78 is 17.0. The van der Waals surface area contributed by atoms with Gasteiger partial charge in [-0.3, -0.25) is 9.59 Å². The molecule has 0 fully saturated rings. The molecule has 0 saturated carbocycles. The van der Waals surface area contributed by atoms with Crippen molar-refractivity contribution in [3.05, 3.63) is 60.2 Å². The van der Waals surface area contributed by atoms with Crippen molar-refractivity contribution in [2.45, 2.75) is 12.8 Å². The fraction of sp³-hybridized carbons (Fsp3) is 0.167. The number of anilines is 2. The zero-order valence-corrected chi connectivity index (χ0v) is 16.9. The lowest BCUT2D eigenvalue weighted by Gasteiger charge is -2.17. The van der Waals surface area contributed by atoms with Crippen LogP contribution in [0.25, 0.3) is 21.9 Å². The van der Waals surface area contributed by atoms with E-state index in [4.69, 9.17) is 13.9 Å². The lowest BCUT2D eigenvalue weighted by atomic mass is 10.0. The van der Waals surface area contributed by atoms with Gasteiger partial charge in [0.2, 0.25) is 5.91 Å². The van der Waals surface area contributed by atoms with E-state index in [-0.39, 0.29) is 18.4 Å². The van der Waals surface area contributed by atoms with Crippen molar-refractivity contribution in [1.29, 1.82) is 0 Å². The molecule has 2 heterocycles. The first-order chi connectivity index (χ1) is 15.1. The van der Waals surface area contributed by atoms with Gasteiger partial charge in [-0.05, 0) is 42.3 Å². The number of furan rings is 1. The highest BCUT2D eigenvalue weighted by molar-refractivity contribution is 6.07. The fourth-order valence-corrected chi connectivity index (χ4v) is 3.80. The average Bonchev–Trinajstić information content (AvgIpc) is 3.14. The minimum absolute atomic E-state index is 0.0101. The Morgan fingerprint density at radius 2 is 1.94 bits per heavy atom. The van der Waals surface area contributed by atoms with E-state index in [0.717, 1.165) is 27.6 Å². The second kappa shape index (κ2) is 7.68. The predicted octanol–water partition coefficient (Wildman–Crippen LogP) is 4.50. The smallest absolute Gasteiger partial charge is 0.262 e. The zero-order valence-electron chi connectivity index (χ0n) is 16.9. The maximum absolute atomic E-state index is 12.5. The molecule has 0 atom stereocenters. The third-order valence-corrected chi connectivity index (χ3v) is 5.32. The Hall–Kier alpha value is -4.00. The predicted molar refractivity (Wildman–Crippen MR) is 118 cm³/mol. The van der Waals surface area contributed by atoms with Gasteiger partial charge in [0.15, 0.2) is 6.61 Å². The monoisotopic (exact) mass is 416 g/mol. The molecule has 1 aliphatic heterocycles. The lowest BCUT2D eigenvalue weighted by molar-refractivity contribution is -0.118. The molecule has 156 valence electrons. The molecule has 1 aromatic heterocycles. The van der Waals surface area contributed by atoms with Gasteiger partial charge in [0, 0.05) is 28.9 Å². The van der Waals surface area contributed by atoms with Gasteiger partial charge < -0.3 is 24.5 Å². The maximum atomic E-state index is 12.5. The van der Waals surface area contributed by atoms with Gasteiger partial charge in [0.1, 0.15) is 22.7 Å². The minimum Gasteiger partial charge on any atom is -0.495 e. The first-order valence-corrected chi connectivity index (χ1v) is 9.95. The van der Waals surface area contributed by atoms with Gasteiger partial charge in [0.05, 0.1) is 12.8 Å². The molecule has 0 aliphatic carbocycles. The first-order valence-electron chi connectivity index (χ1n) is 9.95. The number of amides is 2. The van der Waals surface area contributed by atoms with Crippen LogP contribution in [0.5, 0.6) is 11.5 Å². The summed E-state index contributed by atoms with van der Waals surface area (Å²) in [5, 5.41) is 7.56. The van der Waals surface area contributed by atoms with Gasteiger partial charge in [-0.2, -0.15) is 0 Å². The molecular formula is C24H20N2O5. The van der Waals surface area contributed by atoms with Crippen molar-refractivity contribution in [2.24, 2.45) is 0 Å². The van der Waals surface area contributed by atoms with E-state index >= 15 is 0 Å². The van der Waals surface area contributed by atoms with Crippen molar-refractivity contribution in [3.8, 4) is 11.5 Å². The van der Waals surface area contributed by atoms with E-state index in [1.807, 2.05) is 36.4 Å². The topological polar surface area (TPSA) is 89.8 Å². The van der Waals surface area contributed by atoms with Crippen LogP contribution in [0, 0.1) is 0 Å². The Kier molecular flexibility index (Phi) is 4.71. The van der Waals surface area contributed by atoms with Crippen LogP contribution in [-0.2, 0) is 16.0 Å². The molecule has 3 aromatic carbocycles. The van der Waals surface area contributed by atoms with Crippen LogP contribution in [0.15, 0.2) is 59.0 Å². The lowest BCUT2D eigenvalue weighted by Crippen LogP contribution is -2.21. The Balaban J connectivity index is 1.32. The molecule has 0 saturated heterocycles. The summed E-state index contributed by atoms with van der Waals surface area (Å²) in [4.78, 5) is 24.0. The standard InChI is InChI=1S/C24H20N2O5/c1-29-22-11-17-16-4-2-3-5-20(16)31-21(17)12-19(22)26-24(28)13-30-15-7-8-18-14(10-15)6-9-23(27)25-18/h2-5,7-8,10-12H,6,9,13H2,1H3,(H,25,27)(H,26,28). The van der Waals surface area contributed by atoms with Gasteiger partial charge >= 0.3 is 0 Å². The van der Waals surface area contributed by atoms with Gasteiger partial charge in [0.25, 0.3) is 5.91 Å². The molecule has 7 heteroatoms. The minimum atomic E-state index is -0.320. The second-order valence-electron chi connectivity index (χ2n) is 7.35. The Labute approximate surface area is 177 Å². The van der Waals surface area contributed by atoms with Gasteiger partial charge in [-0.25, -0.2) is 0 Å². The van der Waals surface area contributed by atoms with E-state index in [0.29, 0.717) is 35.6 Å². The van der Waals surface area contributed by atoms with Crippen LogP contribution in [0.4, 0.5) is 11.4 Å². The largest absolute Gasteiger partial charge is 0.495 e. The number of ether oxygens (including phenoxy) is 2. The molecule has 2 N–H and O–H groups in total. The molecule has 0 spiro atoms. The second-order valence-corrected chi connectivity index (χ2v) is 7.35. The number of nitrogens with one attached hydrogen (secondary N) is 2. The highest BCUT2D eigenvalue weighted by atomic mass is 16.5. The number of carbonyl (C=O) groups excluding carboxylic acids is 2. The average molecular weight is 416 g/mol. The summed E-state index contributed by atoms with van der Waals surface area (Å²) in [6.45, 7) is -0.160. The molecular weight excluding hydrogens is 396 g/mol. The third kappa shape index (κ3) is 3.66. The molecule has 0 bridgehead atoms. The molecule has 0 radical (unpaired) electrons. The van der Waals surface area contributed by atoms with Crippen LogP contribution >= 0.6 is 0 Å². The number of benzene rings is 3. The molecule has 4 aromatic rings. The van der Waals surface area contributed by atoms with Crippen LogP contribution in [0.3, 0.4) is 0 Å². The van der Waals surface area contributed by atoms with Crippen LogP contribution in [0.1, 0.15) is 12.0 Å². The van der Waals surface area contributed by atoms with Gasteiger partial charge in [-0.1, -0.05) is 18.2 Å². The maximum Gasteiger partial charge on any atom is 0.262 e. The van der Waals surface area contributed by atoms with Crippen molar-refractivity contribution in [1.82, 2.24) is 0 Å². The van der Waals surface area contributed by atoms with Crippen LogP contribution in [-0.4, -0.2) is 25.5 Å². The summed E-state index contributed by atoms with van der Waals surface area (Å²) in [6.07, 6.45) is 1.10. The molecule has 5 rings (SSSR count). The normalized spacial score (nSPS) is 13.0. The van der Waals surface area contributed by atoms with E-state index in [1.54, 1.807) is 25.3 Å². The summed E-state index contributed by atoms with van der Waals surface area (Å²) in [7, 11) is 1.56. The number of aryl methyl sites for hydroxylation is 1. The SMILES string of the molecule is COc1cc2c(cc1NC(=O)COc1ccc3c(c1)CCC(=O)N3)oc1ccccc12. The van der Waals surface area contributed by atoms with E-state index in [2.05, 4.69) is 10.6 Å². The summed E-state index contributed by atoms with van der Waals surface area (Å²) in [5.41, 5.74) is 3.73. The Bertz CT molecular complexity index is 1320. The van der Waals surface area contributed by atoms with Crippen molar-refractivity contribution in [2.75, 3.05) is 24.4 Å².